The zero-order valence-corrected chi connectivity index (χ0v) is 11.3. The van der Waals surface area contributed by atoms with Crippen molar-refractivity contribution < 1.29 is 4.79 Å². The smallest absolute Gasteiger partial charge is 0.129 e. The van der Waals surface area contributed by atoms with Gasteiger partial charge in [-0.25, -0.2) is 0 Å². The predicted molar refractivity (Wildman–Crippen MR) is 69.3 cm³/mol. The summed E-state index contributed by atoms with van der Waals surface area (Å²) in [5.41, 5.74) is 0.563. The molecule has 1 saturated carbocycles. The van der Waals surface area contributed by atoms with E-state index in [1.165, 1.54) is 19.3 Å². The summed E-state index contributed by atoms with van der Waals surface area (Å²) >= 11 is 0. The Labute approximate surface area is 100 Å². The Hall–Kier alpha value is -0.590. The van der Waals surface area contributed by atoms with Gasteiger partial charge in [0.25, 0.3) is 0 Å². The molecule has 16 heavy (non-hydrogen) atoms. The molecule has 0 aliphatic heterocycles. The minimum Gasteiger partial charge on any atom is -0.300 e. The lowest BCUT2D eigenvalue weighted by Crippen LogP contribution is -2.41. The molecule has 0 radical (unpaired) electrons. The molecule has 1 aliphatic rings. The summed E-state index contributed by atoms with van der Waals surface area (Å²) in [6.45, 7) is 12.7. The standard InChI is InChI=1S/C15H26O/c1-6-15(5)11-7-10-14(3,4)13(15)9-8-12(2)16/h6,13H,1,7-11H2,2-5H3/t13-,15-/m0/s1. The summed E-state index contributed by atoms with van der Waals surface area (Å²) in [4.78, 5) is 11.2. The highest BCUT2D eigenvalue weighted by atomic mass is 16.1. The SMILES string of the molecule is C=C[C@@]1(C)CCCC(C)(C)[C@@H]1CCC(C)=O. The van der Waals surface area contributed by atoms with Crippen molar-refractivity contribution in [3.63, 3.8) is 0 Å². The van der Waals surface area contributed by atoms with Crippen molar-refractivity contribution >= 4 is 5.78 Å². The van der Waals surface area contributed by atoms with E-state index in [0.29, 0.717) is 17.1 Å². The Morgan fingerprint density at radius 3 is 2.50 bits per heavy atom. The van der Waals surface area contributed by atoms with Crippen LogP contribution in [-0.2, 0) is 4.79 Å². The molecule has 1 aliphatic carbocycles. The van der Waals surface area contributed by atoms with Crippen molar-refractivity contribution in [3.05, 3.63) is 12.7 Å². The van der Waals surface area contributed by atoms with Crippen molar-refractivity contribution in [2.75, 3.05) is 0 Å². The third-order valence-electron chi connectivity index (χ3n) is 4.53. The van der Waals surface area contributed by atoms with Crippen LogP contribution in [0.25, 0.3) is 0 Å². The highest BCUT2D eigenvalue weighted by Gasteiger charge is 2.44. The number of hydrogen-bond donors (Lipinski definition) is 0. The van der Waals surface area contributed by atoms with E-state index in [1.54, 1.807) is 6.92 Å². The van der Waals surface area contributed by atoms with Crippen LogP contribution in [-0.4, -0.2) is 5.78 Å². The number of allylic oxidation sites excluding steroid dienone is 1. The van der Waals surface area contributed by atoms with Crippen LogP contribution in [0, 0.1) is 16.7 Å². The van der Waals surface area contributed by atoms with Crippen LogP contribution in [0.15, 0.2) is 12.7 Å². The quantitative estimate of drug-likeness (QED) is 0.645. The van der Waals surface area contributed by atoms with Gasteiger partial charge in [-0.1, -0.05) is 33.3 Å². The molecule has 0 unspecified atom stereocenters. The maximum absolute atomic E-state index is 11.2. The van der Waals surface area contributed by atoms with Crippen LogP contribution in [0.3, 0.4) is 0 Å². The lowest BCUT2D eigenvalue weighted by atomic mass is 9.55. The fourth-order valence-electron chi connectivity index (χ4n) is 3.48. The van der Waals surface area contributed by atoms with Gasteiger partial charge in [-0.2, -0.15) is 0 Å². The largest absolute Gasteiger partial charge is 0.300 e. The van der Waals surface area contributed by atoms with E-state index >= 15 is 0 Å². The summed E-state index contributed by atoms with van der Waals surface area (Å²) in [6, 6.07) is 0. The van der Waals surface area contributed by atoms with Gasteiger partial charge in [0.1, 0.15) is 5.78 Å². The zero-order chi connectivity index (χ0) is 12.4. The van der Waals surface area contributed by atoms with Gasteiger partial charge in [-0.3, -0.25) is 0 Å². The molecule has 1 rings (SSSR count). The Morgan fingerprint density at radius 1 is 1.38 bits per heavy atom. The molecule has 1 heteroatoms. The molecule has 0 saturated heterocycles. The van der Waals surface area contributed by atoms with Crippen LogP contribution in [0.2, 0.25) is 0 Å². The summed E-state index contributed by atoms with van der Waals surface area (Å²) in [5, 5.41) is 0. The topological polar surface area (TPSA) is 17.1 Å². The summed E-state index contributed by atoms with van der Waals surface area (Å²) in [5.74, 6) is 0.905. The first kappa shape index (κ1) is 13.5. The Bertz CT molecular complexity index is 277. The highest BCUT2D eigenvalue weighted by Crippen LogP contribution is 2.53. The maximum Gasteiger partial charge on any atom is 0.129 e. The third-order valence-corrected chi connectivity index (χ3v) is 4.53. The van der Waals surface area contributed by atoms with Crippen LogP contribution in [0.1, 0.15) is 59.8 Å². The maximum atomic E-state index is 11.2. The number of carbonyl (C=O) groups is 1. The third kappa shape index (κ3) is 2.75. The Morgan fingerprint density at radius 2 is 2.00 bits per heavy atom. The van der Waals surface area contributed by atoms with Gasteiger partial charge in [0.2, 0.25) is 0 Å². The Balaban J connectivity index is 2.84. The molecular weight excluding hydrogens is 196 g/mol. The summed E-state index contributed by atoms with van der Waals surface area (Å²) < 4.78 is 0. The molecule has 0 N–H and O–H groups in total. The second-order valence-corrected chi connectivity index (χ2v) is 6.35. The average molecular weight is 222 g/mol. The van der Waals surface area contributed by atoms with Crippen molar-refractivity contribution in [3.8, 4) is 0 Å². The van der Waals surface area contributed by atoms with Crippen LogP contribution < -0.4 is 0 Å². The number of Topliss-reactive ketones (excluding diaryl/α,β-unsaturated/α-hetero) is 1. The second-order valence-electron chi connectivity index (χ2n) is 6.35. The lowest BCUT2D eigenvalue weighted by molar-refractivity contribution is -0.117. The van der Waals surface area contributed by atoms with Gasteiger partial charge in [-0.05, 0) is 42.9 Å². The first-order chi connectivity index (χ1) is 7.32. The highest BCUT2D eigenvalue weighted by molar-refractivity contribution is 5.75. The van der Waals surface area contributed by atoms with Gasteiger partial charge in [0.05, 0.1) is 0 Å². The van der Waals surface area contributed by atoms with Gasteiger partial charge < -0.3 is 4.79 Å². The summed E-state index contributed by atoms with van der Waals surface area (Å²) in [6.07, 6.45) is 7.65. The number of hydrogen-bond acceptors (Lipinski definition) is 1. The minimum absolute atomic E-state index is 0.219. The van der Waals surface area contributed by atoms with Gasteiger partial charge in [0, 0.05) is 6.42 Å². The van der Waals surface area contributed by atoms with Crippen LogP contribution >= 0.6 is 0 Å². The van der Waals surface area contributed by atoms with E-state index in [4.69, 9.17) is 0 Å². The Kier molecular flexibility index (Phi) is 3.98. The molecule has 1 fully saturated rings. The van der Waals surface area contributed by atoms with Crippen molar-refractivity contribution in [1.82, 2.24) is 0 Å². The monoisotopic (exact) mass is 222 g/mol. The molecule has 92 valence electrons. The van der Waals surface area contributed by atoms with E-state index in [0.717, 1.165) is 12.8 Å². The molecule has 1 nitrogen and oxygen atoms in total. The van der Waals surface area contributed by atoms with Crippen molar-refractivity contribution in [2.24, 2.45) is 16.7 Å². The van der Waals surface area contributed by atoms with E-state index in [2.05, 4.69) is 33.4 Å². The minimum atomic E-state index is 0.219. The van der Waals surface area contributed by atoms with Crippen molar-refractivity contribution in [1.29, 1.82) is 0 Å². The van der Waals surface area contributed by atoms with Gasteiger partial charge in [-0.15, -0.1) is 6.58 Å². The van der Waals surface area contributed by atoms with Gasteiger partial charge >= 0.3 is 0 Å². The average Bonchev–Trinajstić information content (AvgIpc) is 2.15. The molecule has 0 amide bonds. The molecular formula is C15H26O. The van der Waals surface area contributed by atoms with Crippen molar-refractivity contribution in [2.45, 2.75) is 59.8 Å². The van der Waals surface area contributed by atoms with Crippen LogP contribution in [0.4, 0.5) is 0 Å². The first-order valence-corrected chi connectivity index (χ1v) is 6.45. The van der Waals surface area contributed by atoms with E-state index in [9.17, 15) is 4.79 Å². The van der Waals surface area contributed by atoms with Crippen LogP contribution in [0.5, 0.6) is 0 Å². The fourth-order valence-corrected chi connectivity index (χ4v) is 3.48. The molecule has 2 atom stereocenters. The molecule has 0 bridgehead atoms. The number of rotatable bonds is 4. The predicted octanol–water partition coefficient (Wildman–Crippen LogP) is 4.37. The molecule has 0 aromatic heterocycles. The van der Waals surface area contributed by atoms with E-state index < -0.39 is 0 Å². The summed E-state index contributed by atoms with van der Waals surface area (Å²) in [7, 11) is 0. The zero-order valence-electron chi connectivity index (χ0n) is 11.3. The lowest BCUT2D eigenvalue weighted by Gasteiger charge is -2.50. The first-order valence-electron chi connectivity index (χ1n) is 6.45. The normalized spacial score (nSPS) is 33.4. The molecule has 0 heterocycles. The van der Waals surface area contributed by atoms with Gasteiger partial charge in [0.15, 0.2) is 0 Å². The molecule has 0 aromatic carbocycles. The number of ketones is 1. The van der Waals surface area contributed by atoms with E-state index in [1.807, 2.05) is 0 Å². The van der Waals surface area contributed by atoms with E-state index in [-0.39, 0.29) is 5.41 Å². The molecule has 0 spiro atoms. The fraction of sp³-hybridized carbons (Fsp3) is 0.800. The number of carbonyl (C=O) groups excluding carboxylic acids is 1. The second kappa shape index (κ2) is 4.73. The molecule has 0 aromatic rings.